The van der Waals surface area contributed by atoms with E-state index in [-0.39, 0.29) is 0 Å². The van der Waals surface area contributed by atoms with E-state index in [9.17, 15) is 13.6 Å². The van der Waals surface area contributed by atoms with Crippen molar-refractivity contribution in [2.45, 2.75) is 6.43 Å². The van der Waals surface area contributed by atoms with Gasteiger partial charge in [-0.1, -0.05) is 0 Å². The van der Waals surface area contributed by atoms with E-state index >= 15 is 0 Å². The summed E-state index contributed by atoms with van der Waals surface area (Å²) in [4.78, 5) is 10.1. The van der Waals surface area contributed by atoms with E-state index in [1.165, 1.54) is 0 Å². The standard InChI is InChI=1S/C5H4F2N2O2/c6-4(7)3-1-2-9(8-3)5(10)11/h1-2,4H,(H,10,11). The molecule has 0 spiro atoms. The molecule has 1 aromatic rings. The van der Waals surface area contributed by atoms with Gasteiger partial charge in [0.15, 0.2) is 0 Å². The Hall–Kier alpha value is -1.46. The highest BCUT2D eigenvalue weighted by molar-refractivity contribution is 5.66. The molecule has 0 aromatic carbocycles. The molecule has 0 atom stereocenters. The maximum absolute atomic E-state index is 11.8. The van der Waals surface area contributed by atoms with Gasteiger partial charge in [0.25, 0.3) is 6.43 Å². The summed E-state index contributed by atoms with van der Waals surface area (Å²) in [6, 6.07) is 0.957. The molecule has 0 fully saturated rings. The van der Waals surface area contributed by atoms with Gasteiger partial charge >= 0.3 is 6.09 Å². The third kappa shape index (κ3) is 1.51. The van der Waals surface area contributed by atoms with Crippen molar-refractivity contribution in [2.24, 2.45) is 0 Å². The second-order valence-electron chi connectivity index (χ2n) is 1.77. The molecule has 1 N–H and O–H groups in total. The van der Waals surface area contributed by atoms with Crippen LogP contribution in [0, 0.1) is 0 Å². The minimum atomic E-state index is -2.73. The van der Waals surface area contributed by atoms with Gasteiger partial charge in [0.05, 0.1) is 0 Å². The van der Waals surface area contributed by atoms with Crippen molar-refractivity contribution in [2.75, 3.05) is 0 Å². The summed E-state index contributed by atoms with van der Waals surface area (Å²) >= 11 is 0. The number of halogens is 2. The predicted molar refractivity (Wildman–Crippen MR) is 30.6 cm³/mol. The first kappa shape index (κ1) is 7.64. The minimum Gasteiger partial charge on any atom is -0.463 e. The molecule has 0 unspecified atom stereocenters. The first-order valence-electron chi connectivity index (χ1n) is 2.68. The van der Waals surface area contributed by atoms with E-state index in [1.807, 2.05) is 0 Å². The van der Waals surface area contributed by atoms with Gasteiger partial charge in [-0.3, -0.25) is 0 Å². The number of hydrogen-bond acceptors (Lipinski definition) is 2. The lowest BCUT2D eigenvalue weighted by molar-refractivity contribution is 0.144. The zero-order chi connectivity index (χ0) is 8.43. The predicted octanol–water partition coefficient (Wildman–Crippen LogP) is 1.35. The van der Waals surface area contributed by atoms with E-state index in [2.05, 4.69) is 5.10 Å². The van der Waals surface area contributed by atoms with Crippen LogP contribution < -0.4 is 0 Å². The average Bonchev–Trinajstić information content (AvgIpc) is 2.33. The van der Waals surface area contributed by atoms with Gasteiger partial charge in [0.2, 0.25) is 0 Å². The summed E-state index contributed by atoms with van der Waals surface area (Å²) in [5.74, 6) is 0. The third-order valence-electron chi connectivity index (χ3n) is 1.03. The van der Waals surface area contributed by atoms with Crippen LogP contribution in [0.25, 0.3) is 0 Å². The summed E-state index contributed by atoms with van der Waals surface area (Å²) in [5.41, 5.74) is -0.535. The number of rotatable bonds is 1. The number of carbonyl (C=O) groups is 1. The Morgan fingerprint density at radius 2 is 2.36 bits per heavy atom. The molecule has 0 aliphatic rings. The molecule has 1 aromatic heterocycles. The molecular weight excluding hydrogens is 158 g/mol. The minimum absolute atomic E-state index is 0.432. The Bertz CT molecular complexity index is 271. The Balaban J connectivity index is 2.90. The molecule has 6 heteroatoms. The summed E-state index contributed by atoms with van der Waals surface area (Å²) in [6.07, 6.45) is -3.14. The summed E-state index contributed by atoms with van der Waals surface area (Å²) in [6.45, 7) is 0. The molecule has 1 heterocycles. The Kier molecular flexibility index (Phi) is 1.84. The highest BCUT2D eigenvalue weighted by atomic mass is 19.3. The Morgan fingerprint density at radius 3 is 2.64 bits per heavy atom. The van der Waals surface area contributed by atoms with Crippen molar-refractivity contribution in [1.29, 1.82) is 0 Å². The molecule has 0 radical (unpaired) electrons. The average molecular weight is 162 g/mol. The van der Waals surface area contributed by atoms with Gasteiger partial charge in [-0.05, 0) is 6.07 Å². The third-order valence-corrected chi connectivity index (χ3v) is 1.03. The van der Waals surface area contributed by atoms with E-state index < -0.39 is 18.2 Å². The topological polar surface area (TPSA) is 55.1 Å². The van der Waals surface area contributed by atoms with Crippen molar-refractivity contribution in [3.8, 4) is 0 Å². The lowest BCUT2D eigenvalue weighted by atomic mass is 10.5. The molecule has 11 heavy (non-hydrogen) atoms. The van der Waals surface area contributed by atoms with Crippen LogP contribution in [-0.4, -0.2) is 21.0 Å². The fraction of sp³-hybridized carbons (Fsp3) is 0.200. The van der Waals surface area contributed by atoms with Crippen LogP contribution in [0.4, 0.5) is 13.6 Å². The van der Waals surface area contributed by atoms with E-state index in [4.69, 9.17) is 5.11 Å². The molecule has 0 saturated heterocycles. The van der Waals surface area contributed by atoms with Crippen LogP contribution in [0.5, 0.6) is 0 Å². The molecule has 0 aliphatic carbocycles. The smallest absolute Gasteiger partial charge is 0.432 e. The highest BCUT2D eigenvalue weighted by Crippen LogP contribution is 2.14. The van der Waals surface area contributed by atoms with Gasteiger partial charge in [-0.25, -0.2) is 13.6 Å². The molecule has 0 bridgehead atoms. The first-order chi connectivity index (χ1) is 5.11. The fourth-order valence-electron chi connectivity index (χ4n) is 0.561. The second kappa shape index (κ2) is 2.65. The number of aromatic nitrogens is 2. The number of carboxylic acid groups (broad SMARTS) is 1. The van der Waals surface area contributed by atoms with Crippen LogP contribution in [0.3, 0.4) is 0 Å². The van der Waals surface area contributed by atoms with Crippen molar-refractivity contribution in [3.05, 3.63) is 18.0 Å². The van der Waals surface area contributed by atoms with E-state index in [1.54, 1.807) is 0 Å². The van der Waals surface area contributed by atoms with Gasteiger partial charge in [0, 0.05) is 6.20 Å². The fourth-order valence-corrected chi connectivity index (χ4v) is 0.561. The Labute approximate surface area is 60.1 Å². The molecule has 4 nitrogen and oxygen atoms in total. The van der Waals surface area contributed by atoms with Crippen molar-refractivity contribution in [3.63, 3.8) is 0 Å². The van der Waals surface area contributed by atoms with Crippen LogP contribution in [0.15, 0.2) is 12.3 Å². The summed E-state index contributed by atoms with van der Waals surface area (Å²) in [5, 5.41) is 11.3. The molecule has 0 aliphatic heterocycles. The number of hydrogen-bond donors (Lipinski definition) is 1. The molecule has 60 valence electrons. The monoisotopic (exact) mass is 162 g/mol. The molecular formula is C5H4F2N2O2. The van der Waals surface area contributed by atoms with Crippen molar-refractivity contribution >= 4 is 6.09 Å². The zero-order valence-corrected chi connectivity index (χ0v) is 5.24. The van der Waals surface area contributed by atoms with Crippen LogP contribution >= 0.6 is 0 Å². The van der Waals surface area contributed by atoms with Crippen LogP contribution in [-0.2, 0) is 0 Å². The SMILES string of the molecule is O=C(O)n1ccc(C(F)F)n1. The molecule has 0 amide bonds. The van der Waals surface area contributed by atoms with Crippen LogP contribution in [0.2, 0.25) is 0 Å². The number of nitrogens with zero attached hydrogens (tertiary/aromatic N) is 2. The molecule has 1 rings (SSSR count). The highest BCUT2D eigenvalue weighted by Gasteiger charge is 2.12. The maximum Gasteiger partial charge on any atom is 0.432 e. The first-order valence-corrected chi connectivity index (χ1v) is 2.68. The number of alkyl halides is 2. The van der Waals surface area contributed by atoms with Crippen LogP contribution in [0.1, 0.15) is 12.1 Å². The van der Waals surface area contributed by atoms with Gasteiger partial charge in [-0.2, -0.15) is 9.78 Å². The quantitative estimate of drug-likeness (QED) is 0.677. The zero-order valence-electron chi connectivity index (χ0n) is 5.24. The van der Waals surface area contributed by atoms with E-state index in [0.717, 1.165) is 12.3 Å². The lowest BCUT2D eigenvalue weighted by Crippen LogP contribution is -2.08. The second-order valence-corrected chi connectivity index (χ2v) is 1.77. The maximum atomic E-state index is 11.8. The van der Waals surface area contributed by atoms with Gasteiger partial charge in [-0.15, -0.1) is 0 Å². The van der Waals surface area contributed by atoms with Crippen molar-refractivity contribution in [1.82, 2.24) is 9.78 Å². The van der Waals surface area contributed by atoms with Gasteiger partial charge < -0.3 is 5.11 Å². The molecule has 0 saturated carbocycles. The largest absolute Gasteiger partial charge is 0.463 e. The lowest BCUT2D eigenvalue weighted by Gasteiger charge is -1.90. The van der Waals surface area contributed by atoms with E-state index in [0.29, 0.717) is 4.68 Å². The van der Waals surface area contributed by atoms with Gasteiger partial charge in [0.1, 0.15) is 5.69 Å². The summed E-state index contributed by atoms with van der Waals surface area (Å²) < 4.78 is 24.0. The normalized spacial score (nSPS) is 10.5. The van der Waals surface area contributed by atoms with Crippen molar-refractivity contribution < 1.29 is 18.7 Å². The summed E-state index contributed by atoms with van der Waals surface area (Å²) in [7, 11) is 0. The Morgan fingerprint density at radius 1 is 1.73 bits per heavy atom.